The molecule has 3 atom stereocenters. The molecule has 116 valence electrons. The largest absolute Gasteiger partial charge is 0.338 e. The van der Waals surface area contributed by atoms with Crippen LogP contribution < -0.4 is 5.73 Å². The van der Waals surface area contributed by atoms with Crippen LogP contribution in [-0.4, -0.2) is 24.4 Å². The lowest BCUT2D eigenvalue weighted by Crippen LogP contribution is -2.38. The summed E-state index contributed by atoms with van der Waals surface area (Å²) in [5.41, 5.74) is 8.56. The SMILES string of the molecule is CN(C(=O)[C@@H]1CCC[C@@H]1CN)C1CCc2ccccc21.Cl. The van der Waals surface area contributed by atoms with E-state index >= 15 is 0 Å². The number of carbonyl (C=O) groups is 1. The molecule has 4 heteroatoms. The van der Waals surface area contributed by atoms with Gasteiger partial charge >= 0.3 is 0 Å². The molecule has 3 nitrogen and oxygen atoms in total. The first kappa shape index (κ1) is 16.3. The molecule has 2 aliphatic rings. The number of amides is 1. The number of fused-ring (bicyclic) bond motifs is 1. The Morgan fingerprint density at radius 1 is 1.29 bits per heavy atom. The molecule has 2 aliphatic carbocycles. The molecule has 0 aromatic heterocycles. The highest BCUT2D eigenvalue weighted by molar-refractivity contribution is 5.85. The molecule has 1 aromatic rings. The summed E-state index contributed by atoms with van der Waals surface area (Å²) in [5, 5.41) is 0. The Kier molecular flexibility index (Phi) is 5.28. The zero-order chi connectivity index (χ0) is 14.1. The van der Waals surface area contributed by atoms with Gasteiger partial charge in [-0.3, -0.25) is 4.79 Å². The molecule has 1 aromatic carbocycles. The smallest absolute Gasteiger partial charge is 0.226 e. The predicted molar refractivity (Wildman–Crippen MR) is 87.4 cm³/mol. The van der Waals surface area contributed by atoms with E-state index in [1.54, 1.807) is 0 Å². The number of carbonyl (C=O) groups excluding carboxylic acids is 1. The van der Waals surface area contributed by atoms with Gasteiger partial charge in [0, 0.05) is 13.0 Å². The molecular weight excluding hydrogens is 284 g/mol. The number of nitrogens with two attached hydrogens (primary N) is 1. The average molecular weight is 309 g/mol. The van der Waals surface area contributed by atoms with Crippen molar-refractivity contribution in [1.82, 2.24) is 4.90 Å². The van der Waals surface area contributed by atoms with Crippen molar-refractivity contribution in [2.75, 3.05) is 13.6 Å². The molecule has 1 amide bonds. The van der Waals surface area contributed by atoms with Gasteiger partial charge in [0.05, 0.1) is 6.04 Å². The first-order chi connectivity index (χ1) is 9.72. The van der Waals surface area contributed by atoms with Crippen LogP contribution in [0.4, 0.5) is 0 Å². The highest BCUT2D eigenvalue weighted by Gasteiger charge is 2.37. The Bertz CT molecular complexity index is 505. The van der Waals surface area contributed by atoms with E-state index < -0.39 is 0 Å². The molecule has 1 saturated carbocycles. The summed E-state index contributed by atoms with van der Waals surface area (Å²) in [4.78, 5) is 14.8. The Labute approximate surface area is 133 Å². The molecule has 3 rings (SSSR count). The molecule has 0 heterocycles. The summed E-state index contributed by atoms with van der Waals surface area (Å²) >= 11 is 0. The standard InChI is InChI=1S/C17H24N2O.ClH/c1-19(17(20)15-8-4-6-13(15)11-18)16-10-9-12-5-2-3-7-14(12)16;/h2-3,5,7,13,15-16H,4,6,8-11,18H2,1H3;1H/t13-,15-,16?;/m1./s1. The van der Waals surface area contributed by atoms with Crippen LogP contribution >= 0.6 is 12.4 Å². The van der Waals surface area contributed by atoms with Gasteiger partial charge in [0.2, 0.25) is 5.91 Å². The van der Waals surface area contributed by atoms with Crippen LogP contribution in [0.25, 0.3) is 0 Å². The van der Waals surface area contributed by atoms with Gasteiger partial charge < -0.3 is 10.6 Å². The van der Waals surface area contributed by atoms with E-state index in [0.717, 1.165) is 32.1 Å². The number of halogens is 1. The monoisotopic (exact) mass is 308 g/mol. The number of hydrogen-bond acceptors (Lipinski definition) is 2. The summed E-state index contributed by atoms with van der Waals surface area (Å²) in [6.07, 6.45) is 5.42. The third-order valence-corrected chi connectivity index (χ3v) is 5.20. The maximum atomic E-state index is 12.8. The van der Waals surface area contributed by atoms with Gasteiger partial charge in [-0.1, -0.05) is 30.7 Å². The Hall–Kier alpha value is -1.06. The molecule has 0 aliphatic heterocycles. The van der Waals surface area contributed by atoms with E-state index in [9.17, 15) is 4.79 Å². The van der Waals surface area contributed by atoms with Gasteiger partial charge in [0.25, 0.3) is 0 Å². The van der Waals surface area contributed by atoms with Crippen LogP contribution in [0.2, 0.25) is 0 Å². The minimum atomic E-state index is 0. The summed E-state index contributed by atoms with van der Waals surface area (Å²) in [5.74, 6) is 0.846. The summed E-state index contributed by atoms with van der Waals surface area (Å²) in [7, 11) is 1.97. The van der Waals surface area contributed by atoms with Crippen molar-refractivity contribution in [2.24, 2.45) is 17.6 Å². The first-order valence-electron chi connectivity index (χ1n) is 7.77. The number of rotatable bonds is 3. The molecule has 0 radical (unpaired) electrons. The van der Waals surface area contributed by atoms with Gasteiger partial charge in [-0.05, 0) is 49.3 Å². The maximum Gasteiger partial charge on any atom is 0.226 e. The fraction of sp³-hybridized carbons (Fsp3) is 0.588. The summed E-state index contributed by atoms with van der Waals surface area (Å²) in [6, 6.07) is 8.79. The van der Waals surface area contributed by atoms with Crippen LogP contribution in [0, 0.1) is 11.8 Å². The van der Waals surface area contributed by atoms with Gasteiger partial charge in [0.15, 0.2) is 0 Å². The molecule has 0 spiro atoms. The number of hydrogen-bond donors (Lipinski definition) is 1. The van der Waals surface area contributed by atoms with E-state index in [1.165, 1.54) is 11.1 Å². The van der Waals surface area contributed by atoms with E-state index in [2.05, 4.69) is 24.3 Å². The summed E-state index contributed by atoms with van der Waals surface area (Å²) < 4.78 is 0. The van der Waals surface area contributed by atoms with Crippen LogP contribution in [0.1, 0.15) is 42.9 Å². The van der Waals surface area contributed by atoms with Gasteiger partial charge in [-0.25, -0.2) is 0 Å². The topological polar surface area (TPSA) is 46.3 Å². The summed E-state index contributed by atoms with van der Waals surface area (Å²) in [6.45, 7) is 0.644. The Morgan fingerprint density at radius 2 is 2.05 bits per heavy atom. The molecule has 1 unspecified atom stereocenters. The molecule has 0 bridgehead atoms. The third-order valence-electron chi connectivity index (χ3n) is 5.20. The zero-order valence-electron chi connectivity index (χ0n) is 12.6. The maximum absolute atomic E-state index is 12.8. The van der Waals surface area contributed by atoms with E-state index in [-0.39, 0.29) is 24.4 Å². The minimum absolute atomic E-state index is 0. The quantitative estimate of drug-likeness (QED) is 0.933. The van der Waals surface area contributed by atoms with E-state index in [4.69, 9.17) is 5.73 Å². The van der Waals surface area contributed by atoms with Crippen molar-refractivity contribution in [3.05, 3.63) is 35.4 Å². The van der Waals surface area contributed by atoms with Crippen LogP contribution in [0.5, 0.6) is 0 Å². The molecule has 21 heavy (non-hydrogen) atoms. The van der Waals surface area contributed by atoms with Crippen LogP contribution in [0.15, 0.2) is 24.3 Å². The highest BCUT2D eigenvalue weighted by Crippen LogP contribution is 2.38. The van der Waals surface area contributed by atoms with Gasteiger partial charge in [-0.15, -0.1) is 12.4 Å². The number of benzene rings is 1. The predicted octanol–water partition coefficient (Wildman–Crippen LogP) is 2.93. The second kappa shape index (κ2) is 6.80. The normalized spacial score (nSPS) is 27.0. The van der Waals surface area contributed by atoms with Crippen molar-refractivity contribution in [2.45, 2.75) is 38.1 Å². The fourth-order valence-corrected chi connectivity index (χ4v) is 4.00. The fourth-order valence-electron chi connectivity index (χ4n) is 4.00. The Balaban J connectivity index is 0.00000161. The number of nitrogens with zero attached hydrogens (tertiary/aromatic N) is 1. The lowest BCUT2D eigenvalue weighted by atomic mass is 9.94. The van der Waals surface area contributed by atoms with Crippen molar-refractivity contribution in [3.63, 3.8) is 0 Å². The van der Waals surface area contributed by atoms with E-state index in [1.807, 2.05) is 11.9 Å². The average Bonchev–Trinajstić information content (AvgIpc) is 3.12. The van der Waals surface area contributed by atoms with Crippen molar-refractivity contribution in [3.8, 4) is 0 Å². The Morgan fingerprint density at radius 3 is 2.81 bits per heavy atom. The third kappa shape index (κ3) is 2.95. The van der Waals surface area contributed by atoms with Crippen molar-refractivity contribution in [1.29, 1.82) is 0 Å². The second-order valence-corrected chi connectivity index (χ2v) is 6.24. The second-order valence-electron chi connectivity index (χ2n) is 6.24. The minimum Gasteiger partial charge on any atom is -0.338 e. The van der Waals surface area contributed by atoms with Crippen molar-refractivity contribution >= 4 is 18.3 Å². The van der Waals surface area contributed by atoms with E-state index in [0.29, 0.717) is 18.4 Å². The lowest BCUT2D eigenvalue weighted by Gasteiger charge is -2.30. The van der Waals surface area contributed by atoms with Gasteiger partial charge in [0.1, 0.15) is 0 Å². The van der Waals surface area contributed by atoms with Crippen LogP contribution in [0.3, 0.4) is 0 Å². The zero-order valence-corrected chi connectivity index (χ0v) is 13.4. The van der Waals surface area contributed by atoms with Crippen LogP contribution in [-0.2, 0) is 11.2 Å². The molecule has 1 fully saturated rings. The molecular formula is C17H25ClN2O. The molecule has 0 saturated heterocycles. The molecule has 2 N–H and O–H groups in total. The van der Waals surface area contributed by atoms with Crippen molar-refractivity contribution < 1.29 is 4.79 Å². The first-order valence-corrected chi connectivity index (χ1v) is 7.77. The number of aryl methyl sites for hydroxylation is 1. The van der Waals surface area contributed by atoms with Gasteiger partial charge in [-0.2, -0.15) is 0 Å². The lowest BCUT2D eigenvalue weighted by molar-refractivity contribution is -0.137. The highest BCUT2D eigenvalue weighted by atomic mass is 35.5.